The van der Waals surface area contributed by atoms with Crippen molar-refractivity contribution >= 4 is 27.1 Å². The molecule has 6 heteroatoms. The largest absolute Gasteiger partial charge is 0.223 e. The summed E-state index contributed by atoms with van der Waals surface area (Å²) in [6.07, 6.45) is 6.65. The lowest BCUT2D eigenvalue weighted by Gasteiger charge is -2.25. The van der Waals surface area contributed by atoms with E-state index in [1.54, 1.807) is 35.1 Å². The molecule has 1 aliphatic rings. The van der Waals surface area contributed by atoms with Gasteiger partial charge >= 0.3 is 0 Å². The molecule has 0 saturated heterocycles. The van der Waals surface area contributed by atoms with Crippen molar-refractivity contribution in [2.24, 2.45) is 0 Å². The number of nitrogens with zero attached hydrogens (tertiary/aromatic N) is 3. The zero-order valence-electron chi connectivity index (χ0n) is 13.7. The molecule has 25 heavy (non-hydrogen) atoms. The molecule has 1 aliphatic carbocycles. The van der Waals surface area contributed by atoms with E-state index >= 15 is 0 Å². The number of benzene rings is 2. The number of hydrogen-bond donors (Lipinski definition) is 0. The molecule has 0 radical (unpaired) electrons. The molecule has 0 aliphatic heterocycles. The van der Waals surface area contributed by atoms with Crippen LogP contribution >= 0.6 is 0 Å². The summed E-state index contributed by atoms with van der Waals surface area (Å²) >= 11 is 0. The molecule has 128 valence electrons. The Morgan fingerprint density at radius 2 is 1.64 bits per heavy atom. The molecular formula is C19H19N3O2S. The van der Waals surface area contributed by atoms with Gasteiger partial charge in [0.15, 0.2) is 9.84 Å². The minimum absolute atomic E-state index is 0.380. The van der Waals surface area contributed by atoms with E-state index in [9.17, 15) is 8.42 Å². The predicted molar refractivity (Wildman–Crippen MR) is 97.7 cm³/mol. The molecular weight excluding hydrogens is 334 g/mol. The molecule has 1 aromatic heterocycles. The van der Waals surface area contributed by atoms with Gasteiger partial charge in [-0.2, -0.15) is 0 Å². The summed E-state index contributed by atoms with van der Waals surface area (Å²) in [5.41, 5.74) is 1.66. The van der Waals surface area contributed by atoms with Crippen LogP contribution in [0.1, 0.15) is 25.7 Å². The summed E-state index contributed by atoms with van der Waals surface area (Å²) in [5, 5.41) is 8.25. The van der Waals surface area contributed by atoms with Crippen molar-refractivity contribution in [1.82, 2.24) is 15.0 Å². The lowest BCUT2D eigenvalue weighted by atomic mass is 10.1. The van der Waals surface area contributed by atoms with Gasteiger partial charge in [-0.15, -0.1) is 5.10 Å². The van der Waals surface area contributed by atoms with Crippen molar-refractivity contribution in [3.8, 4) is 0 Å². The SMILES string of the molecule is O=S(=O)(c1ccccc1)C1(/C=C/n2nnc3ccccc32)CCCC1. The first-order valence-electron chi connectivity index (χ1n) is 8.41. The van der Waals surface area contributed by atoms with E-state index in [0.29, 0.717) is 17.7 Å². The number of rotatable bonds is 4. The molecule has 0 N–H and O–H groups in total. The van der Waals surface area contributed by atoms with Crippen molar-refractivity contribution in [2.45, 2.75) is 35.3 Å². The Balaban J connectivity index is 1.77. The Bertz CT molecular complexity index is 1020. The maximum Gasteiger partial charge on any atom is 0.187 e. The van der Waals surface area contributed by atoms with Crippen LogP contribution in [0.25, 0.3) is 17.2 Å². The predicted octanol–water partition coefficient (Wildman–Crippen LogP) is 3.69. The van der Waals surface area contributed by atoms with Gasteiger partial charge < -0.3 is 0 Å². The van der Waals surface area contributed by atoms with Crippen LogP contribution in [0.5, 0.6) is 0 Å². The molecule has 0 amide bonds. The van der Waals surface area contributed by atoms with E-state index in [1.165, 1.54) is 0 Å². The van der Waals surface area contributed by atoms with Gasteiger partial charge in [0, 0.05) is 6.20 Å². The van der Waals surface area contributed by atoms with Crippen LogP contribution in [0.3, 0.4) is 0 Å². The molecule has 0 atom stereocenters. The highest BCUT2D eigenvalue weighted by Crippen LogP contribution is 2.41. The van der Waals surface area contributed by atoms with Gasteiger partial charge in [0.2, 0.25) is 0 Å². The van der Waals surface area contributed by atoms with Gasteiger partial charge in [-0.3, -0.25) is 0 Å². The third-order valence-corrected chi connectivity index (χ3v) is 7.44. The fourth-order valence-corrected chi connectivity index (χ4v) is 5.59. The number of aromatic nitrogens is 3. The van der Waals surface area contributed by atoms with E-state index in [4.69, 9.17) is 0 Å². The highest BCUT2D eigenvalue weighted by atomic mass is 32.2. The minimum Gasteiger partial charge on any atom is -0.223 e. The van der Waals surface area contributed by atoms with Gasteiger partial charge in [0.25, 0.3) is 0 Å². The average Bonchev–Trinajstić information content (AvgIpc) is 3.29. The molecule has 3 aromatic rings. The summed E-state index contributed by atoms with van der Waals surface area (Å²) in [7, 11) is -3.46. The molecule has 5 nitrogen and oxygen atoms in total. The quantitative estimate of drug-likeness (QED) is 0.717. The highest BCUT2D eigenvalue weighted by molar-refractivity contribution is 7.93. The van der Waals surface area contributed by atoms with Crippen LogP contribution in [0.2, 0.25) is 0 Å². The summed E-state index contributed by atoms with van der Waals surface area (Å²) < 4.78 is 27.3. The van der Waals surface area contributed by atoms with E-state index in [0.717, 1.165) is 23.9 Å². The summed E-state index contributed by atoms with van der Waals surface area (Å²) in [6, 6.07) is 16.4. The zero-order chi connectivity index (χ0) is 17.3. The summed E-state index contributed by atoms with van der Waals surface area (Å²) in [4.78, 5) is 0.380. The lowest BCUT2D eigenvalue weighted by Crippen LogP contribution is -2.33. The van der Waals surface area contributed by atoms with Crippen LogP contribution < -0.4 is 0 Å². The summed E-state index contributed by atoms with van der Waals surface area (Å²) in [6.45, 7) is 0. The van der Waals surface area contributed by atoms with Crippen molar-refractivity contribution < 1.29 is 8.42 Å². The lowest BCUT2D eigenvalue weighted by molar-refractivity contribution is 0.554. The number of sulfone groups is 1. The number of fused-ring (bicyclic) bond motifs is 1. The monoisotopic (exact) mass is 353 g/mol. The highest BCUT2D eigenvalue weighted by Gasteiger charge is 2.44. The second-order valence-corrected chi connectivity index (χ2v) is 8.72. The van der Waals surface area contributed by atoms with E-state index in [2.05, 4.69) is 10.3 Å². The Morgan fingerprint density at radius 3 is 2.40 bits per heavy atom. The fraction of sp³-hybridized carbons (Fsp3) is 0.263. The van der Waals surface area contributed by atoms with Crippen LogP contribution in [0, 0.1) is 0 Å². The Morgan fingerprint density at radius 1 is 0.960 bits per heavy atom. The van der Waals surface area contributed by atoms with Crippen molar-refractivity contribution in [2.75, 3.05) is 0 Å². The average molecular weight is 353 g/mol. The van der Waals surface area contributed by atoms with Crippen molar-refractivity contribution in [1.29, 1.82) is 0 Å². The molecule has 0 unspecified atom stereocenters. The first kappa shape index (κ1) is 16.0. The first-order chi connectivity index (χ1) is 12.1. The molecule has 1 heterocycles. The second-order valence-electron chi connectivity index (χ2n) is 6.43. The first-order valence-corrected chi connectivity index (χ1v) is 9.90. The molecule has 4 rings (SSSR count). The third kappa shape index (κ3) is 2.66. The smallest absolute Gasteiger partial charge is 0.187 e. The maximum absolute atomic E-state index is 13.3. The fourth-order valence-electron chi connectivity index (χ4n) is 3.54. The van der Waals surface area contributed by atoms with Crippen molar-refractivity contribution in [3.63, 3.8) is 0 Å². The van der Waals surface area contributed by atoms with E-state index < -0.39 is 14.6 Å². The van der Waals surface area contributed by atoms with E-state index in [1.807, 2.05) is 36.4 Å². The summed E-state index contributed by atoms with van der Waals surface area (Å²) in [5.74, 6) is 0. The number of hydrogen-bond acceptors (Lipinski definition) is 4. The van der Waals surface area contributed by atoms with Crippen LogP contribution in [0.4, 0.5) is 0 Å². The van der Waals surface area contributed by atoms with Gasteiger partial charge in [0.05, 0.1) is 15.2 Å². The standard InChI is InChI=1S/C19H19N3O2S/c23-25(24,16-8-2-1-3-9-16)19(12-6-7-13-19)14-15-22-18-11-5-4-10-17(18)20-21-22/h1-5,8-11,14-15H,6-7,12-13H2/b15-14+. The van der Waals surface area contributed by atoms with Gasteiger partial charge in [-0.05, 0) is 43.2 Å². The van der Waals surface area contributed by atoms with Crippen LogP contribution in [0.15, 0.2) is 65.6 Å². The Kier molecular flexibility index (Phi) is 3.92. The maximum atomic E-state index is 13.3. The van der Waals surface area contributed by atoms with Crippen LogP contribution in [-0.2, 0) is 9.84 Å². The Hall–Kier alpha value is -2.47. The molecule has 1 saturated carbocycles. The number of para-hydroxylation sites is 1. The topological polar surface area (TPSA) is 64.8 Å². The third-order valence-electron chi connectivity index (χ3n) is 4.94. The molecule has 2 aromatic carbocycles. The zero-order valence-corrected chi connectivity index (χ0v) is 14.6. The molecule has 0 spiro atoms. The van der Waals surface area contributed by atoms with Gasteiger partial charge in [-0.25, -0.2) is 13.1 Å². The Labute approximate surface area is 146 Å². The van der Waals surface area contributed by atoms with Crippen molar-refractivity contribution in [3.05, 3.63) is 60.7 Å². The van der Waals surface area contributed by atoms with E-state index in [-0.39, 0.29) is 0 Å². The normalized spacial score (nSPS) is 17.4. The second kappa shape index (κ2) is 6.11. The molecule has 0 bridgehead atoms. The minimum atomic E-state index is -3.46. The van der Waals surface area contributed by atoms with Gasteiger partial charge in [-0.1, -0.05) is 48.4 Å². The van der Waals surface area contributed by atoms with Crippen LogP contribution in [-0.4, -0.2) is 28.2 Å². The molecule has 1 fully saturated rings. The van der Waals surface area contributed by atoms with Gasteiger partial charge in [0.1, 0.15) is 5.52 Å².